The Labute approximate surface area is 100 Å². The molecule has 0 spiro atoms. The Morgan fingerprint density at radius 1 is 1.62 bits per heavy atom. The zero-order valence-electron chi connectivity index (χ0n) is 9.14. The summed E-state index contributed by atoms with van der Waals surface area (Å²) in [5, 5.41) is 2.76. The maximum Gasteiger partial charge on any atom is 0.230 e. The molecule has 0 aliphatic heterocycles. The van der Waals surface area contributed by atoms with E-state index < -0.39 is 5.92 Å². The molecule has 0 radical (unpaired) electrons. The molecule has 0 aliphatic rings. The summed E-state index contributed by atoms with van der Waals surface area (Å²) in [4.78, 5) is 16.0. The van der Waals surface area contributed by atoms with E-state index in [1.54, 1.807) is 6.20 Å². The number of aromatic nitrogens is 1. The zero-order chi connectivity index (χ0) is 12.0. The van der Waals surface area contributed by atoms with Gasteiger partial charge in [0.25, 0.3) is 0 Å². The van der Waals surface area contributed by atoms with Crippen LogP contribution in [-0.4, -0.2) is 15.9 Å². The highest BCUT2D eigenvalue weighted by atomic mass is 32.1. The number of nitrogens with zero attached hydrogens (tertiary/aromatic N) is 1. The van der Waals surface area contributed by atoms with Gasteiger partial charge in [0.15, 0.2) is 0 Å². The molecular formula is C11H15N3OS. The average molecular weight is 237 g/mol. The van der Waals surface area contributed by atoms with Crippen LogP contribution < -0.4 is 11.1 Å². The molecule has 1 aromatic rings. The number of hydrogen-bond acceptors (Lipinski definition) is 3. The van der Waals surface area contributed by atoms with Crippen LogP contribution in [0, 0.1) is 5.92 Å². The highest BCUT2D eigenvalue weighted by molar-refractivity contribution is 7.80. The molecule has 86 valence electrons. The third kappa shape index (κ3) is 3.58. The van der Waals surface area contributed by atoms with Gasteiger partial charge in [-0.3, -0.25) is 9.78 Å². The minimum Gasteiger partial charge on any atom is -0.393 e. The van der Waals surface area contributed by atoms with Crippen molar-refractivity contribution in [2.75, 3.05) is 0 Å². The Balaban J connectivity index is 2.49. The summed E-state index contributed by atoms with van der Waals surface area (Å²) in [5.74, 6) is -0.528. The average Bonchev–Trinajstić information content (AvgIpc) is 2.28. The zero-order valence-corrected chi connectivity index (χ0v) is 9.96. The number of pyridine rings is 1. The molecule has 1 rings (SSSR count). The van der Waals surface area contributed by atoms with Crippen LogP contribution in [0.5, 0.6) is 0 Å². The van der Waals surface area contributed by atoms with Crippen molar-refractivity contribution in [3.8, 4) is 0 Å². The van der Waals surface area contributed by atoms with E-state index in [4.69, 9.17) is 18.0 Å². The predicted octanol–water partition coefficient (Wildman–Crippen LogP) is 1.01. The maximum atomic E-state index is 11.7. The van der Waals surface area contributed by atoms with Gasteiger partial charge in [-0.25, -0.2) is 0 Å². The van der Waals surface area contributed by atoms with Gasteiger partial charge >= 0.3 is 0 Å². The Morgan fingerprint density at radius 2 is 2.38 bits per heavy atom. The minimum absolute atomic E-state index is 0.138. The molecule has 1 aromatic heterocycles. The second-order valence-electron chi connectivity index (χ2n) is 3.40. The molecule has 1 unspecified atom stereocenters. The molecule has 0 aliphatic carbocycles. The smallest absolute Gasteiger partial charge is 0.230 e. The van der Waals surface area contributed by atoms with Crippen molar-refractivity contribution < 1.29 is 4.79 Å². The molecule has 5 heteroatoms. The van der Waals surface area contributed by atoms with Crippen LogP contribution in [0.3, 0.4) is 0 Å². The van der Waals surface area contributed by atoms with Crippen LogP contribution in [0.25, 0.3) is 0 Å². The lowest BCUT2D eigenvalue weighted by Gasteiger charge is -2.12. The molecule has 0 fully saturated rings. The molecule has 1 amide bonds. The molecule has 1 atom stereocenters. The molecule has 0 saturated heterocycles. The van der Waals surface area contributed by atoms with E-state index in [-0.39, 0.29) is 10.9 Å². The summed E-state index contributed by atoms with van der Waals surface area (Å²) in [6.07, 6.45) is 2.30. The minimum atomic E-state index is -0.390. The fourth-order valence-corrected chi connectivity index (χ4v) is 1.59. The van der Waals surface area contributed by atoms with E-state index in [9.17, 15) is 4.79 Å². The van der Waals surface area contributed by atoms with Crippen LogP contribution in [-0.2, 0) is 11.3 Å². The molecule has 16 heavy (non-hydrogen) atoms. The summed E-state index contributed by atoms with van der Waals surface area (Å²) < 4.78 is 0. The number of rotatable bonds is 5. The van der Waals surface area contributed by atoms with E-state index in [1.807, 2.05) is 25.1 Å². The molecular weight excluding hydrogens is 222 g/mol. The largest absolute Gasteiger partial charge is 0.393 e. The van der Waals surface area contributed by atoms with E-state index in [2.05, 4.69) is 10.3 Å². The molecule has 3 N–H and O–H groups in total. The quantitative estimate of drug-likeness (QED) is 0.750. The van der Waals surface area contributed by atoms with Gasteiger partial charge in [0.1, 0.15) is 0 Å². The first kappa shape index (κ1) is 12.6. The lowest BCUT2D eigenvalue weighted by atomic mass is 10.1. The van der Waals surface area contributed by atoms with E-state index in [0.717, 1.165) is 5.69 Å². The number of hydrogen-bond donors (Lipinski definition) is 2. The fraction of sp³-hybridized carbons (Fsp3) is 0.364. The van der Waals surface area contributed by atoms with Gasteiger partial charge in [-0.2, -0.15) is 0 Å². The van der Waals surface area contributed by atoms with Crippen molar-refractivity contribution in [3.63, 3.8) is 0 Å². The van der Waals surface area contributed by atoms with Gasteiger partial charge in [-0.1, -0.05) is 25.2 Å². The first-order valence-corrected chi connectivity index (χ1v) is 5.53. The predicted molar refractivity (Wildman–Crippen MR) is 66.7 cm³/mol. The van der Waals surface area contributed by atoms with Crippen molar-refractivity contribution in [2.45, 2.75) is 19.9 Å². The van der Waals surface area contributed by atoms with Crippen molar-refractivity contribution >= 4 is 23.1 Å². The number of nitrogens with two attached hydrogens (primary N) is 1. The Hall–Kier alpha value is -1.49. The summed E-state index contributed by atoms with van der Waals surface area (Å²) >= 11 is 4.82. The topological polar surface area (TPSA) is 68.0 Å². The van der Waals surface area contributed by atoms with Gasteiger partial charge in [0.2, 0.25) is 5.91 Å². The standard InChI is InChI=1S/C11H15N3OS/c1-2-9(10(12)16)11(15)14-7-8-5-3-4-6-13-8/h3-6,9H,2,7H2,1H3,(H2,12,16)(H,14,15). The molecule has 0 bridgehead atoms. The van der Waals surface area contributed by atoms with Gasteiger partial charge < -0.3 is 11.1 Å². The molecule has 4 nitrogen and oxygen atoms in total. The monoisotopic (exact) mass is 237 g/mol. The molecule has 1 heterocycles. The normalized spacial score (nSPS) is 11.8. The Kier molecular flexibility index (Phi) is 4.85. The van der Waals surface area contributed by atoms with Gasteiger partial charge in [-0.05, 0) is 18.6 Å². The second-order valence-corrected chi connectivity index (χ2v) is 3.87. The number of carbonyl (C=O) groups is 1. The highest BCUT2D eigenvalue weighted by Gasteiger charge is 2.18. The summed E-state index contributed by atoms with van der Waals surface area (Å²) in [6.45, 7) is 2.28. The highest BCUT2D eigenvalue weighted by Crippen LogP contribution is 2.03. The first-order chi connectivity index (χ1) is 7.65. The SMILES string of the molecule is CCC(C(=O)NCc1ccccn1)C(N)=S. The molecule has 0 aromatic carbocycles. The van der Waals surface area contributed by atoms with E-state index >= 15 is 0 Å². The van der Waals surface area contributed by atoms with Crippen LogP contribution in [0.4, 0.5) is 0 Å². The molecule has 0 saturated carbocycles. The van der Waals surface area contributed by atoms with E-state index in [0.29, 0.717) is 13.0 Å². The number of carbonyl (C=O) groups excluding carboxylic acids is 1. The van der Waals surface area contributed by atoms with Crippen molar-refractivity contribution in [2.24, 2.45) is 11.7 Å². The fourth-order valence-electron chi connectivity index (χ4n) is 1.32. The van der Waals surface area contributed by atoms with Gasteiger partial charge in [-0.15, -0.1) is 0 Å². The second kappa shape index (κ2) is 6.17. The number of amides is 1. The summed E-state index contributed by atoms with van der Waals surface area (Å²) in [7, 11) is 0. The van der Waals surface area contributed by atoms with Crippen molar-refractivity contribution in [1.82, 2.24) is 10.3 Å². The first-order valence-electron chi connectivity index (χ1n) is 5.12. The van der Waals surface area contributed by atoms with Crippen LogP contribution >= 0.6 is 12.2 Å². The summed E-state index contributed by atoms with van der Waals surface area (Å²) in [6, 6.07) is 5.55. The number of nitrogens with one attached hydrogen (secondary N) is 1. The third-order valence-corrected chi connectivity index (χ3v) is 2.52. The summed E-state index contributed by atoms with van der Waals surface area (Å²) in [5.41, 5.74) is 6.29. The Morgan fingerprint density at radius 3 is 2.88 bits per heavy atom. The Bertz CT molecular complexity index is 367. The lowest BCUT2D eigenvalue weighted by molar-refractivity contribution is -0.123. The lowest BCUT2D eigenvalue weighted by Crippen LogP contribution is -2.37. The van der Waals surface area contributed by atoms with Crippen molar-refractivity contribution in [1.29, 1.82) is 0 Å². The van der Waals surface area contributed by atoms with Crippen LogP contribution in [0.1, 0.15) is 19.0 Å². The van der Waals surface area contributed by atoms with Gasteiger partial charge in [0.05, 0.1) is 23.1 Å². The van der Waals surface area contributed by atoms with Gasteiger partial charge in [0, 0.05) is 6.20 Å². The van der Waals surface area contributed by atoms with Crippen molar-refractivity contribution in [3.05, 3.63) is 30.1 Å². The third-order valence-electron chi connectivity index (χ3n) is 2.24. The van der Waals surface area contributed by atoms with Crippen LogP contribution in [0.15, 0.2) is 24.4 Å². The number of thiocarbonyl (C=S) groups is 1. The maximum absolute atomic E-state index is 11.7. The van der Waals surface area contributed by atoms with E-state index in [1.165, 1.54) is 0 Å². The van der Waals surface area contributed by atoms with Crippen LogP contribution in [0.2, 0.25) is 0 Å².